The number of hydrogen-bond acceptors (Lipinski definition) is 2. The molecule has 0 radical (unpaired) electrons. The van der Waals surface area contributed by atoms with Crippen molar-refractivity contribution in [2.24, 2.45) is 0 Å². The number of allylic oxidation sites excluding steroid dienone is 4. The van der Waals surface area contributed by atoms with Gasteiger partial charge in [0.1, 0.15) is 0 Å². The Bertz CT molecular complexity index is 768. The molecule has 3 nitrogen and oxygen atoms in total. The molecule has 2 unspecified atom stereocenters. The van der Waals surface area contributed by atoms with Crippen LogP contribution in [0.15, 0.2) is 24.3 Å². The van der Waals surface area contributed by atoms with Crippen molar-refractivity contribution in [2.75, 3.05) is 21.1 Å². The van der Waals surface area contributed by atoms with Crippen molar-refractivity contribution in [3.05, 3.63) is 24.3 Å². The number of rotatable bonds is 33. The molecule has 2 fully saturated rings. The van der Waals surface area contributed by atoms with Crippen molar-refractivity contribution in [3.63, 3.8) is 0 Å². The molecule has 0 aromatic rings. The van der Waals surface area contributed by atoms with Crippen molar-refractivity contribution in [1.82, 2.24) is 0 Å². The van der Waals surface area contributed by atoms with E-state index < -0.39 is 0 Å². The molecule has 1 aliphatic heterocycles. The monoisotopic (exact) mass is 673 g/mol. The second-order valence-electron chi connectivity index (χ2n) is 16.9. The van der Waals surface area contributed by atoms with Crippen LogP contribution in [0.4, 0.5) is 0 Å². The van der Waals surface area contributed by atoms with Gasteiger partial charge >= 0.3 is 0 Å². The summed E-state index contributed by atoms with van der Waals surface area (Å²) in [5.41, 5.74) is 0. The topological polar surface area (TPSA) is 18.5 Å². The molecule has 1 aliphatic carbocycles. The number of quaternary nitrogens is 1. The van der Waals surface area contributed by atoms with Crippen LogP contribution in [0.5, 0.6) is 0 Å². The Labute approximate surface area is 302 Å². The Balaban J connectivity index is 1.55. The highest BCUT2D eigenvalue weighted by atomic mass is 16.8. The lowest BCUT2D eigenvalue weighted by Gasteiger charge is -2.34. The lowest BCUT2D eigenvalue weighted by molar-refractivity contribution is -0.895. The smallest absolute Gasteiger partial charge is 0.169 e. The van der Waals surface area contributed by atoms with E-state index >= 15 is 0 Å². The molecule has 282 valence electrons. The zero-order chi connectivity index (χ0) is 34.6. The summed E-state index contributed by atoms with van der Waals surface area (Å²) >= 11 is 0. The fraction of sp³-hybridized carbons (Fsp3) is 0.911. The molecule has 3 heteroatoms. The summed E-state index contributed by atoms with van der Waals surface area (Å²) in [6.45, 7) is 4.58. The summed E-state index contributed by atoms with van der Waals surface area (Å²) in [6, 6.07) is 0.662. The first kappa shape index (κ1) is 43.5. The van der Waals surface area contributed by atoms with Gasteiger partial charge in [-0.25, -0.2) is 0 Å². The molecular weight excluding hydrogens is 587 g/mol. The summed E-state index contributed by atoms with van der Waals surface area (Å²) in [5, 5.41) is 0. The number of ether oxygens (including phenoxy) is 2. The standard InChI is InChI=1S/C45H86NO2/c1-6-8-10-12-14-16-18-20-22-24-26-28-30-32-34-36-38-45(47-43-40-42(46(3,4)5)41-44(43)48-45)39-37-35-33-31-29-27-25-23-21-19-17-15-13-11-9-7-2/h14,16,20,22,42-44H,6-13,15,17-19,21,23-41H2,1-5H3/q+1/b16-14-,22-20-/t42-,43-,44?,45?/m0/s1. The quantitative estimate of drug-likeness (QED) is 0.0392. The molecule has 0 aromatic carbocycles. The van der Waals surface area contributed by atoms with Gasteiger partial charge in [-0.1, -0.05) is 173 Å². The predicted octanol–water partition coefficient (Wildman–Crippen LogP) is 14.2. The maximum Gasteiger partial charge on any atom is 0.169 e. The third-order valence-electron chi connectivity index (χ3n) is 11.4. The molecule has 0 bridgehead atoms. The van der Waals surface area contributed by atoms with Crippen LogP contribution in [0.2, 0.25) is 0 Å². The average Bonchev–Trinajstić information content (AvgIpc) is 3.61. The normalized spacial score (nSPS) is 22.9. The number of fused-ring (bicyclic) bond motifs is 1. The predicted molar refractivity (Wildman–Crippen MR) is 212 cm³/mol. The van der Waals surface area contributed by atoms with Crippen molar-refractivity contribution in [2.45, 2.75) is 243 Å². The Morgan fingerprint density at radius 2 is 0.792 bits per heavy atom. The van der Waals surface area contributed by atoms with Crippen LogP contribution in [-0.2, 0) is 9.47 Å². The SMILES string of the molecule is CCCCC/C=C\C/C=C\CCCCCCCCC1(CCCCCCCCCCCCCCCCCC)OC2C[C@@H]([N+](C)(C)C)C[C@@H]2O1. The van der Waals surface area contributed by atoms with Gasteiger partial charge in [0.25, 0.3) is 0 Å². The van der Waals surface area contributed by atoms with E-state index in [2.05, 4.69) is 59.3 Å². The Morgan fingerprint density at radius 1 is 0.458 bits per heavy atom. The first-order valence-corrected chi connectivity index (χ1v) is 21.9. The minimum Gasteiger partial charge on any atom is -0.344 e. The Kier molecular flexibility index (Phi) is 25.4. The van der Waals surface area contributed by atoms with Crippen LogP contribution in [0, 0.1) is 0 Å². The molecule has 0 spiro atoms. The van der Waals surface area contributed by atoms with E-state index in [9.17, 15) is 0 Å². The summed E-state index contributed by atoms with van der Waals surface area (Å²) < 4.78 is 14.8. The zero-order valence-electron chi connectivity index (χ0n) is 33.4. The molecule has 48 heavy (non-hydrogen) atoms. The fourth-order valence-electron chi connectivity index (χ4n) is 8.08. The highest BCUT2D eigenvalue weighted by Crippen LogP contribution is 2.45. The maximum absolute atomic E-state index is 6.90. The number of nitrogens with zero attached hydrogens (tertiary/aromatic N) is 1. The molecule has 1 heterocycles. The first-order valence-electron chi connectivity index (χ1n) is 21.9. The van der Waals surface area contributed by atoms with E-state index in [0.717, 1.165) is 23.7 Å². The van der Waals surface area contributed by atoms with Crippen LogP contribution in [0.1, 0.15) is 219 Å². The molecule has 1 saturated carbocycles. The van der Waals surface area contributed by atoms with Gasteiger partial charge in [0, 0.05) is 25.7 Å². The lowest BCUT2D eigenvalue weighted by Crippen LogP contribution is -2.45. The van der Waals surface area contributed by atoms with Gasteiger partial charge in [-0.3, -0.25) is 0 Å². The Morgan fingerprint density at radius 3 is 1.19 bits per heavy atom. The molecule has 0 N–H and O–H groups in total. The van der Waals surface area contributed by atoms with Gasteiger partial charge in [-0.2, -0.15) is 0 Å². The molecule has 1 saturated heterocycles. The van der Waals surface area contributed by atoms with Gasteiger partial charge in [0.2, 0.25) is 0 Å². The van der Waals surface area contributed by atoms with E-state index in [1.54, 1.807) is 0 Å². The number of unbranched alkanes of at least 4 members (excludes halogenated alkanes) is 24. The third kappa shape index (κ3) is 20.9. The minimum absolute atomic E-state index is 0.295. The van der Waals surface area contributed by atoms with Crippen molar-refractivity contribution >= 4 is 0 Å². The van der Waals surface area contributed by atoms with Crippen LogP contribution < -0.4 is 0 Å². The molecule has 0 amide bonds. The van der Waals surface area contributed by atoms with E-state index in [1.807, 2.05) is 0 Å². The summed E-state index contributed by atoms with van der Waals surface area (Å²) in [6.07, 6.45) is 53.0. The highest BCUT2D eigenvalue weighted by Gasteiger charge is 2.53. The highest BCUT2D eigenvalue weighted by molar-refractivity contribution is 4.95. The lowest BCUT2D eigenvalue weighted by atomic mass is 9.98. The van der Waals surface area contributed by atoms with Gasteiger partial charge < -0.3 is 14.0 Å². The van der Waals surface area contributed by atoms with Crippen LogP contribution in [0.3, 0.4) is 0 Å². The number of hydrogen-bond donors (Lipinski definition) is 0. The van der Waals surface area contributed by atoms with Gasteiger partial charge in [-0.15, -0.1) is 0 Å². The average molecular weight is 673 g/mol. The van der Waals surface area contributed by atoms with Gasteiger partial charge in [0.05, 0.1) is 39.4 Å². The first-order chi connectivity index (χ1) is 23.4. The molecular formula is C45H86NO2+. The van der Waals surface area contributed by atoms with E-state index in [-0.39, 0.29) is 5.79 Å². The van der Waals surface area contributed by atoms with E-state index in [1.165, 1.54) is 186 Å². The second kappa shape index (κ2) is 28.0. The van der Waals surface area contributed by atoms with Gasteiger partial charge in [0.15, 0.2) is 5.79 Å². The second-order valence-corrected chi connectivity index (χ2v) is 16.9. The zero-order valence-corrected chi connectivity index (χ0v) is 33.4. The van der Waals surface area contributed by atoms with Crippen molar-refractivity contribution < 1.29 is 14.0 Å². The summed E-state index contributed by atoms with van der Waals surface area (Å²) in [5.74, 6) is -0.295. The third-order valence-corrected chi connectivity index (χ3v) is 11.4. The van der Waals surface area contributed by atoms with Crippen molar-refractivity contribution in [1.29, 1.82) is 0 Å². The molecule has 0 aromatic heterocycles. The summed E-state index contributed by atoms with van der Waals surface area (Å²) in [7, 11) is 7.00. The van der Waals surface area contributed by atoms with Crippen LogP contribution in [0.25, 0.3) is 0 Å². The van der Waals surface area contributed by atoms with Gasteiger partial charge in [-0.05, 0) is 44.9 Å². The molecule has 2 aliphatic rings. The summed E-state index contributed by atoms with van der Waals surface area (Å²) in [4.78, 5) is 0. The van der Waals surface area contributed by atoms with Crippen molar-refractivity contribution in [3.8, 4) is 0 Å². The Hall–Kier alpha value is -0.640. The largest absolute Gasteiger partial charge is 0.344 e. The molecule has 2 rings (SSSR count). The van der Waals surface area contributed by atoms with E-state index in [4.69, 9.17) is 9.47 Å². The molecule has 4 atom stereocenters. The fourth-order valence-corrected chi connectivity index (χ4v) is 8.08. The maximum atomic E-state index is 6.90. The van der Waals surface area contributed by atoms with Crippen LogP contribution in [-0.4, -0.2) is 49.7 Å². The minimum atomic E-state index is -0.295. The van der Waals surface area contributed by atoms with Crippen LogP contribution >= 0.6 is 0 Å². The van der Waals surface area contributed by atoms with E-state index in [0.29, 0.717) is 18.2 Å².